The van der Waals surface area contributed by atoms with Gasteiger partial charge < -0.3 is 9.64 Å². The summed E-state index contributed by atoms with van der Waals surface area (Å²) in [5, 5.41) is 0. The molecule has 1 saturated heterocycles. The molecule has 164 valence electrons. The summed E-state index contributed by atoms with van der Waals surface area (Å²) in [7, 11) is 3.88. The number of piperidine rings is 1. The van der Waals surface area contributed by atoms with Crippen LogP contribution in [0.25, 0.3) is 0 Å². The fourth-order valence-electron chi connectivity index (χ4n) is 4.22. The summed E-state index contributed by atoms with van der Waals surface area (Å²) < 4.78 is 5.29. The Hall–Kier alpha value is -3.15. The van der Waals surface area contributed by atoms with E-state index in [4.69, 9.17) is 4.74 Å². The molecule has 0 N–H and O–H groups in total. The summed E-state index contributed by atoms with van der Waals surface area (Å²) in [6, 6.07) is 14.8. The topological polar surface area (TPSA) is 66.9 Å². The van der Waals surface area contributed by atoms with Gasteiger partial charge in [0.15, 0.2) is 0 Å². The Morgan fingerprint density at radius 3 is 2.13 bits per heavy atom. The number of nitrogens with zero attached hydrogens (tertiary/aromatic N) is 2. The van der Waals surface area contributed by atoms with Crippen molar-refractivity contribution in [1.82, 2.24) is 0 Å². The Kier molecular flexibility index (Phi) is 6.20. The molecule has 0 spiro atoms. The number of anilines is 2. The molecular weight excluding hydrogens is 392 g/mol. The van der Waals surface area contributed by atoms with Crippen LogP contribution in [0.2, 0.25) is 0 Å². The zero-order chi connectivity index (χ0) is 22.9. The standard InChI is InChI=1S/C25H30N2O4/c1-7-31-23(29)20-21(17-10-14-18(15-11-17)26(5)6)25(3,4)24(30)27(22(20)28)19-12-8-16(2)9-13-19/h8-15,20-21H,7H2,1-6H3/t20-,21-/m0/s1. The molecule has 0 aromatic heterocycles. The summed E-state index contributed by atoms with van der Waals surface area (Å²) in [6.45, 7) is 7.38. The maximum atomic E-state index is 13.6. The highest BCUT2D eigenvalue weighted by Gasteiger charge is 2.57. The highest BCUT2D eigenvalue weighted by molar-refractivity contribution is 6.24. The second-order valence-electron chi connectivity index (χ2n) is 8.73. The van der Waals surface area contributed by atoms with E-state index in [1.54, 1.807) is 32.9 Å². The fourth-order valence-corrected chi connectivity index (χ4v) is 4.22. The van der Waals surface area contributed by atoms with Crippen LogP contribution in [-0.2, 0) is 19.1 Å². The van der Waals surface area contributed by atoms with Crippen LogP contribution in [0.5, 0.6) is 0 Å². The molecule has 2 aromatic carbocycles. The average molecular weight is 423 g/mol. The molecule has 0 unspecified atom stereocenters. The molecule has 0 saturated carbocycles. The van der Waals surface area contributed by atoms with Gasteiger partial charge in [-0.1, -0.05) is 43.7 Å². The van der Waals surface area contributed by atoms with Crippen molar-refractivity contribution < 1.29 is 19.1 Å². The smallest absolute Gasteiger partial charge is 0.319 e. The number of rotatable bonds is 5. The second-order valence-corrected chi connectivity index (χ2v) is 8.73. The van der Waals surface area contributed by atoms with E-state index in [0.717, 1.165) is 21.7 Å². The van der Waals surface area contributed by atoms with Crippen molar-refractivity contribution in [3.05, 3.63) is 59.7 Å². The Balaban J connectivity index is 2.13. The summed E-state index contributed by atoms with van der Waals surface area (Å²) in [4.78, 5) is 43.3. The van der Waals surface area contributed by atoms with Crippen LogP contribution in [0.3, 0.4) is 0 Å². The lowest BCUT2D eigenvalue weighted by atomic mass is 9.64. The third-order valence-electron chi connectivity index (χ3n) is 5.95. The lowest BCUT2D eigenvalue weighted by Crippen LogP contribution is -2.59. The number of carbonyl (C=O) groups excluding carboxylic acids is 3. The number of esters is 1. The number of hydrogen-bond acceptors (Lipinski definition) is 5. The molecule has 2 amide bonds. The lowest BCUT2D eigenvalue weighted by molar-refractivity contribution is -0.158. The van der Waals surface area contributed by atoms with E-state index in [9.17, 15) is 14.4 Å². The molecule has 6 nitrogen and oxygen atoms in total. The first kappa shape index (κ1) is 22.5. The van der Waals surface area contributed by atoms with Gasteiger partial charge in [-0.15, -0.1) is 0 Å². The molecule has 1 aliphatic heterocycles. The third-order valence-corrected chi connectivity index (χ3v) is 5.95. The lowest BCUT2D eigenvalue weighted by Gasteiger charge is -2.45. The van der Waals surface area contributed by atoms with E-state index >= 15 is 0 Å². The number of imide groups is 1. The van der Waals surface area contributed by atoms with Crippen LogP contribution in [0.15, 0.2) is 48.5 Å². The molecule has 0 radical (unpaired) electrons. The van der Waals surface area contributed by atoms with Crippen LogP contribution in [0.4, 0.5) is 11.4 Å². The number of amides is 2. The van der Waals surface area contributed by atoms with Gasteiger partial charge in [0.05, 0.1) is 17.7 Å². The third kappa shape index (κ3) is 4.07. The van der Waals surface area contributed by atoms with E-state index in [0.29, 0.717) is 5.69 Å². The van der Waals surface area contributed by atoms with Crippen molar-refractivity contribution in [2.24, 2.45) is 11.3 Å². The molecule has 1 heterocycles. The number of carbonyl (C=O) groups is 3. The van der Waals surface area contributed by atoms with Crippen molar-refractivity contribution in [2.75, 3.05) is 30.5 Å². The summed E-state index contributed by atoms with van der Waals surface area (Å²) in [5.74, 6) is -3.23. The zero-order valence-corrected chi connectivity index (χ0v) is 19.0. The first-order valence-electron chi connectivity index (χ1n) is 10.5. The van der Waals surface area contributed by atoms with Gasteiger partial charge in [0.2, 0.25) is 11.8 Å². The molecule has 3 rings (SSSR count). The van der Waals surface area contributed by atoms with Gasteiger partial charge in [-0.3, -0.25) is 14.4 Å². The van der Waals surface area contributed by atoms with Crippen LogP contribution in [0.1, 0.15) is 37.8 Å². The van der Waals surface area contributed by atoms with Crippen LogP contribution in [-0.4, -0.2) is 38.5 Å². The van der Waals surface area contributed by atoms with Crippen molar-refractivity contribution in [2.45, 2.75) is 33.6 Å². The minimum absolute atomic E-state index is 0.161. The molecule has 0 bridgehead atoms. The highest BCUT2D eigenvalue weighted by atomic mass is 16.5. The van der Waals surface area contributed by atoms with E-state index in [1.165, 1.54) is 0 Å². The zero-order valence-electron chi connectivity index (χ0n) is 19.0. The first-order chi connectivity index (χ1) is 14.6. The van der Waals surface area contributed by atoms with Crippen molar-refractivity contribution in [3.63, 3.8) is 0 Å². The average Bonchev–Trinajstić information content (AvgIpc) is 2.72. The van der Waals surface area contributed by atoms with Crippen molar-refractivity contribution >= 4 is 29.2 Å². The maximum absolute atomic E-state index is 13.6. The monoisotopic (exact) mass is 422 g/mol. The highest BCUT2D eigenvalue weighted by Crippen LogP contribution is 2.48. The molecule has 2 atom stereocenters. The minimum atomic E-state index is -1.11. The van der Waals surface area contributed by atoms with E-state index < -0.39 is 29.1 Å². The Morgan fingerprint density at radius 1 is 1.03 bits per heavy atom. The Bertz CT molecular complexity index is 978. The van der Waals surface area contributed by atoms with Crippen molar-refractivity contribution in [3.8, 4) is 0 Å². The van der Waals surface area contributed by atoms with Gasteiger partial charge >= 0.3 is 5.97 Å². The normalized spacial score (nSPS) is 20.5. The molecule has 31 heavy (non-hydrogen) atoms. The number of hydrogen-bond donors (Lipinski definition) is 0. The molecular formula is C25H30N2O4. The molecule has 1 fully saturated rings. The molecule has 0 aliphatic carbocycles. The number of aryl methyl sites for hydroxylation is 1. The van der Waals surface area contributed by atoms with Crippen molar-refractivity contribution in [1.29, 1.82) is 0 Å². The Labute approximate surface area is 183 Å². The summed E-state index contributed by atoms with van der Waals surface area (Å²) in [6.07, 6.45) is 0. The maximum Gasteiger partial charge on any atom is 0.319 e. The number of ether oxygens (including phenoxy) is 1. The van der Waals surface area contributed by atoms with Gasteiger partial charge in [-0.25, -0.2) is 4.90 Å². The molecule has 6 heteroatoms. The van der Waals surface area contributed by atoms with Gasteiger partial charge in [0, 0.05) is 25.7 Å². The summed E-state index contributed by atoms with van der Waals surface area (Å²) in [5.41, 5.74) is 2.23. The van der Waals surface area contributed by atoms with Crippen LogP contribution < -0.4 is 9.80 Å². The van der Waals surface area contributed by atoms with Crippen LogP contribution in [0, 0.1) is 18.3 Å². The predicted octanol–water partition coefficient (Wildman–Crippen LogP) is 3.92. The van der Waals surface area contributed by atoms with Gasteiger partial charge in [-0.05, 0) is 43.7 Å². The van der Waals surface area contributed by atoms with E-state index in [2.05, 4.69) is 0 Å². The predicted molar refractivity (Wildman–Crippen MR) is 121 cm³/mol. The van der Waals surface area contributed by atoms with Gasteiger partial charge in [0.1, 0.15) is 5.92 Å². The molecule has 1 aliphatic rings. The first-order valence-corrected chi connectivity index (χ1v) is 10.5. The molecule has 2 aromatic rings. The van der Waals surface area contributed by atoms with E-state index in [1.807, 2.05) is 62.3 Å². The largest absolute Gasteiger partial charge is 0.465 e. The summed E-state index contributed by atoms with van der Waals surface area (Å²) >= 11 is 0. The van der Waals surface area contributed by atoms with Crippen LogP contribution >= 0.6 is 0 Å². The number of benzene rings is 2. The quantitative estimate of drug-likeness (QED) is 0.415. The van der Waals surface area contributed by atoms with Gasteiger partial charge in [0.25, 0.3) is 0 Å². The van der Waals surface area contributed by atoms with E-state index in [-0.39, 0.29) is 12.5 Å². The minimum Gasteiger partial charge on any atom is -0.465 e. The second kappa shape index (κ2) is 8.53. The Morgan fingerprint density at radius 2 is 1.61 bits per heavy atom. The van der Waals surface area contributed by atoms with Gasteiger partial charge in [-0.2, -0.15) is 0 Å². The fraction of sp³-hybridized carbons (Fsp3) is 0.400. The SMILES string of the molecule is CCOC(=O)[C@@H]1C(=O)N(c2ccc(C)cc2)C(=O)C(C)(C)[C@H]1c1ccc(N(C)C)cc1.